The third-order valence-corrected chi connectivity index (χ3v) is 2.20. The van der Waals surface area contributed by atoms with Gasteiger partial charge in [-0.1, -0.05) is 12.1 Å². The van der Waals surface area contributed by atoms with E-state index in [9.17, 15) is 4.79 Å². The van der Waals surface area contributed by atoms with Gasteiger partial charge in [0, 0.05) is 17.9 Å². The molecule has 0 fully saturated rings. The summed E-state index contributed by atoms with van der Waals surface area (Å²) in [5.74, 6) is -0.640. The second-order valence-corrected chi connectivity index (χ2v) is 3.28. The van der Waals surface area contributed by atoms with Gasteiger partial charge < -0.3 is 15.2 Å². The highest BCUT2D eigenvalue weighted by Gasteiger charge is 2.38. The number of nitrogen functional groups attached to an aromatic ring is 1. The predicted molar refractivity (Wildman–Crippen MR) is 60.4 cm³/mol. The number of methoxy groups -OCH3 is 1. The van der Waals surface area contributed by atoms with Crippen molar-refractivity contribution in [2.45, 2.75) is 12.6 Å². The Morgan fingerprint density at radius 2 is 1.94 bits per heavy atom. The molecule has 0 aliphatic rings. The van der Waals surface area contributed by atoms with Gasteiger partial charge in [0.1, 0.15) is 0 Å². The standard InChI is InChI=1S/C11H16N2O3/c1-3-16-11(13,10(14)15-2)8-4-6-9(12)7-5-8/h4-7H,3,12-13H2,1-2H3. The molecule has 0 amide bonds. The topological polar surface area (TPSA) is 87.6 Å². The Bertz CT molecular complexity index is 364. The summed E-state index contributed by atoms with van der Waals surface area (Å²) in [5.41, 5.74) is 11.0. The van der Waals surface area contributed by atoms with Crippen LogP contribution in [0.2, 0.25) is 0 Å². The molecule has 1 rings (SSSR count). The smallest absolute Gasteiger partial charge is 0.358 e. The van der Waals surface area contributed by atoms with Crippen LogP contribution in [0.3, 0.4) is 0 Å². The van der Waals surface area contributed by atoms with E-state index in [4.69, 9.17) is 16.2 Å². The van der Waals surface area contributed by atoms with Crippen LogP contribution in [0.1, 0.15) is 12.5 Å². The number of carbonyl (C=O) groups is 1. The van der Waals surface area contributed by atoms with Gasteiger partial charge in [0.25, 0.3) is 0 Å². The van der Waals surface area contributed by atoms with Crippen LogP contribution in [0.5, 0.6) is 0 Å². The Labute approximate surface area is 94.3 Å². The highest BCUT2D eigenvalue weighted by Crippen LogP contribution is 2.22. The summed E-state index contributed by atoms with van der Waals surface area (Å²) in [6, 6.07) is 6.58. The lowest BCUT2D eigenvalue weighted by Crippen LogP contribution is -2.48. The first-order valence-corrected chi connectivity index (χ1v) is 4.92. The first-order valence-electron chi connectivity index (χ1n) is 4.92. The van der Waals surface area contributed by atoms with Gasteiger partial charge >= 0.3 is 5.97 Å². The van der Waals surface area contributed by atoms with Gasteiger partial charge in [0.05, 0.1) is 7.11 Å². The molecule has 16 heavy (non-hydrogen) atoms. The minimum absolute atomic E-state index is 0.302. The van der Waals surface area contributed by atoms with Crippen LogP contribution < -0.4 is 11.5 Å². The number of ether oxygens (including phenoxy) is 2. The molecule has 0 aliphatic heterocycles. The molecule has 4 N–H and O–H groups in total. The van der Waals surface area contributed by atoms with Gasteiger partial charge in [-0.2, -0.15) is 0 Å². The molecule has 1 aromatic carbocycles. The van der Waals surface area contributed by atoms with Crippen LogP contribution in [0.15, 0.2) is 24.3 Å². The summed E-state index contributed by atoms with van der Waals surface area (Å²) in [5, 5.41) is 0. The third-order valence-electron chi connectivity index (χ3n) is 2.20. The number of hydrogen-bond donors (Lipinski definition) is 2. The Hall–Kier alpha value is -1.59. The number of nitrogens with two attached hydrogens (primary N) is 2. The van der Waals surface area contributed by atoms with E-state index in [-0.39, 0.29) is 0 Å². The van der Waals surface area contributed by atoms with Crippen molar-refractivity contribution in [1.82, 2.24) is 0 Å². The van der Waals surface area contributed by atoms with E-state index >= 15 is 0 Å². The molecule has 5 nitrogen and oxygen atoms in total. The first-order chi connectivity index (χ1) is 7.54. The monoisotopic (exact) mass is 224 g/mol. The summed E-state index contributed by atoms with van der Waals surface area (Å²) in [7, 11) is 1.26. The van der Waals surface area contributed by atoms with E-state index in [1.54, 1.807) is 31.2 Å². The number of anilines is 1. The molecule has 88 valence electrons. The van der Waals surface area contributed by atoms with E-state index in [0.29, 0.717) is 17.9 Å². The van der Waals surface area contributed by atoms with E-state index in [0.717, 1.165) is 0 Å². The van der Waals surface area contributed by atoms with E-state index in [1.165, 1.54) is 7.11 Å². The minimum atomic E-state index is -1.57. The zero-order valence-electron chi connectivity index (χ0n) is 9.40. The lowest BCUT2D eigenvalue weighted by atomic mass is 10.0. The lowest BCUT2D eigenvalue weighted by molar-refractivity contribution is -0.170. The molecule has 0 aliphatic carbocycles. The van der Waals surface area contributed by atoms with Crippen LogP contribution in [-0.4, -0.2) is 19.7 Å². The van der Waals surface area contributed by atoms with Gasteiger partial charge in [-0.3, -0.25) is 5.73 Å². The van der Waals surface area contributed by atoms with Gasteiger partial charge in [0.2, 0.25) is 5.72 Å². The maximum Gasteiger partial charge on any atom is 0.358 e. The van der Waals surface area contributed by atoms with Crippen molar-refractivity contribution in [3.63, 3.8) is 0 Å². The van der Waals surface area contributed by atoms with E-state index in [1.807, 2.05) is 0 Å². The average Bonchev–Trinajstić information content (AvgIpc) is 2.29. The zero-order chi connectivity index (χ0) is 12.2. The molecule has 0 saturated heterocycles. The minimum Gasteiger partial charge on any atom is -0.466 e. The highest BCUT2D eigenvalue weighted by atomic mass is 16.6. The van der Waals surface area contributed by atoms with E-state index < -0.39 is 11.7 Å². The summed E-state index contributed by atoms with van der Waals surface area (Å²) in [6.07, 6.45) is 0. The van der Waals surface area contributed by atoms with Crippen LogP contribution in [0, 0.1) is 0 Å². The molecule has 0 saturated carbocycles. The van der Waals surface area contributed by atoms with Crippen molar-refractivity contribution < 1.29 is 14.3 Å². The number of hydrogen-bond acceptors (Lipinski definition) is 5. The van der Waals surface area contributed by atoms with Gasteiger partial charge in [-0.25, -0.2) is 4.79 Å². The second-order valence-electron chi connectivity index (χ2n) is 3.28. The Balaban J connectivity index is 3.10. The van der Waals surface area contributed by atoms with Crippen molar-refractivity contribution in [2.24, 2.45) is 5.73 Å². The molecule has 0 spiro atoms. The maximum atomic E-state index is 11.6. The van der Waals surface area contributed by atoms with Crippen LogP contribution in [0.25, 0.3) is 0 Å². The van der Waals surface area contributed by atoms with Crippen LogP contribution in [-0.2, 0) is 20.0 Å². The molecular weight excluding hydrogens is 208 g/mol. The number of esters is 1. The molecule has 0 aromatic heterocycles. The largest absolute Gasteiger partial charge is 0.466 e. The SMILES string of the molecule is CCOC(N)(C(=O)OC)c1ccc(N)cc1. The summed E-state index contributed by atoms with van der Waals surface area (Å²) in [6.45, 7) is 2.05. The Morgan fingerprint density at radius 3 is 2.38 bits per heavy atom. The average molecular weight is 224 g/mol. The summed E-state index contributed by atoms with van der Waals surface area (Å²) < 4.78 is 9.90. The fourth-order valence-electron chi connectivity index (χ4n) is 1.37. The quantitative estimate of drug-likeness (QED) is 0.444. The normalized spacial score (nSPS) is 14.2. The molecular formula is C11H16N2O3. The fourth-order valence-corrected chi connectivity index (χ4v) is 1.37. The highest BCUT2D eigenvalue weighted by molar-refractivity contribution is 5.80. The Kier molecular flexibility index (Phi) is 3.87. The molecule has 0 bridgehead atoms. The van der Waals surface area contributed by atoms with Crippen molar-refractivity contribution in [1.29, 1.82) is 0 Å². The number of carbonyl (C=O) groups excluding carboxylic acids is 1. The zero-order valence-corrected chi connectivity index (χ0v) is 9.40. The number of benzene rings is 1. The van der Waals surface area contributed by atoms with Gasteiger partial charge in [0.15, 0.2) is 0 Å². The third kappa shape index (κ3) is 2.32. The fraction of sp³-hybridized carbons (Fsp3) is 0.364. The van der Waals surface area contributed by atoms with E-state index in [2.05, 4.69) is 4.74 Å². The van der Waals surface area contributed by atoms with Gasteiger partial charge in [-0.15, -0.1) is 0 Å². The van der Waals surface area contributed by atoms with Crippen molar-refractivity contribution >= 4 is 11.7 Å². The van der Waals surface area contributed by atoms with Crippen molar-refractivity contribution in [2.75, 3.05) is 19.5 Å². The number of rotatable bonds is 4. The molecule has 1 aromatic rings. The van der Waals surface area contributed by atoms with Crippen molar-refractivity contribution in [3.05, 3.63) is 29.8 Å². The second kappa shape index (κ2) is 4.96. The Morgan fingerprint density at radius 1 is 1.38 bits per heavy atom. The van der Waals surface area contributed by atoms with Crippen LogP contribution in [0.4, 0.5) is 5.69 Å². The van der Waals surface area contributed by atoms with Crippen molar-refractivity contribution in [3.8, 4) is 0 Å². The molecule has 5 heteroatoms. The molecule has 0 radical (unpaired) electrons. The summed E-state index contributed by atoms with van der Waals surface area (Å²) in [4.78, 5) is 11.6. The van der Waals surface area contributed by atoms with Crippen LogP contribution >= 0.6 is 0 Å². The predicted octanol–water partition coefficient (Wildman–Crippen LogP) is 0.590. The molecule has 0 heterocycles. The summed E-state index contributed by atoms with van der Waals surface area (Å²) >= 11 is 0. The van der Waals surface area contributed by atoms with Gasteiger partial charge in [-0.05, 0) is 19.1 Å². The lowest BCUT2D eigenvalue weighted by Gasteiger charge is -2.26. The molecule has 1 atom stereocenters. The first kappa shape index (κ1) is 12.5. The molecule has 1 unspecified atom stereocenters. The maximum absolute atomic E-state index is 11.6.